The van der Waals surface area contributed by atoms with Crippen molar-refractivity contribution in [1.29, 1.82) is 0 Å². The number of anilines is 1. The van der Waals surface area contributed by atoms with Gasteiger partial charge in [-0.05, 0) is 29.8 Å². The molecule has 2 aromatic carbocycles. The van der Waals surface area contributed by atoms with Gasteiger partial charge in [0, 0.05) is 22.3 Å². The number of rotatable bonds is 5. The van der Waals surface area contributed by atoms with E-state index < -0.39 is 6.03 Å². The fourth-order valence-electron chi connectivity index (χ4n) is 1.78. The van der Waals surface area contributed by atoms with Gasteiger partial charge in [0.25, 0.3) is 0 Å². The summed E-state index contributed by atoms with van der Waals surface area (Å²) in [5.41, 5.74) is 1.40. The summed E-state index contributed by atoms with van der Waals surface area (Å²) in [4.78, 5) is 23.4. The monoisotopic (exact) mass is 351 g/mol. The van der Waals surface area contributed by atoms with Crippen molar-refractivity contribution < 1.29 is 9.59 Å². The van der Waals surface area contributed by atoms with Crippen molar-refractivity contribution in [1.82, 2.24) is 10.6 Å². The number of nitrogens with one attached hydrogen (secondary N) is 3. The Balaban J connectivity index is 1.73. The maximum absolute atomic E-state index is 11.7. The second-order valence-corrected chi connectivity index (χ2v) is 5.53. The van der Waals surface area contributed by atoms with Crippen LogP contribution in [0.5, 0.6) is 0 Å². The lowest BCUT2D eigenvalue weighted by Gasteiger charge is -2.09. The van der Waals surface area contributed by atoms with E-state index in [4.69, 9.17) is 23.2 Å². The van der Waals surface area contributed by atoms with Gasteiger partial charge in [-0.25, -0.2) is 4.79 Å². The summed E-state index contributed by atoms with van der Waals surface area (Å²) in [6.45, 7) is 0.126. The molecule has 0 fully saturated rings. The van der Waals surface area contributed by atoms with Gasteiger partial charge >= 0.3 is 6.03 Å². The molecule has 0 aromatic heterocycles. The molecule has 0 bridgehead atoms. The molecule has 0 saturated carbocycles. The fourth-order valence-corrected chi connectivity index (χ4v) is 2.25. The third-order valence-corrected chi connectivity index (χ3v) is 3.52. The molecule has 0 spiro atoms. The summed E-state index contributed by atoms with van der Waals surface area (Å²) in [6, 6.07) is 13.5. The molecule has 0 aliphatic heterocycles. The topological polar surface area (TPSA) is 70.2 Å². The maximum Gasteiger partial charge on any atom is 0.319 e. The van der Waals surface area contributed by atoms with Crippen molar-refractivity contribution in [3.63, 3.8) is 0 Å². The van der Waals surface area contributed by atoms with Gasteiger partial charge in [-0.2, -0.15) is 0 Å². The average molecular weight is 352 g/mol. The summed E-state index contributed by atoms with van der Waals surface area (Å²) in [5.74, 6) is -0.320. The Kier molecular flexibility index (Phi) is 6.26. The molecule has 2 aromatic rings. The molecule has 23 heavy (non-hydrogen) atoms. The van der Waals surface area contributed by atoms with Crippen molar-refractivity contribution in [2.24, 2.45) is 0 Å². The van der Waals surface area contributed by atoms with Crippen molar-refractivity contribution in [3.05, 3.63) is 64.1 Å². The molecule has 2 rings (SSSR count). The van der Waals surface area contributed by atoms with Crippen LogP contribution >= 0.6 is 23.2 Å². The number of carbonyl (C=O) groups is 2. The first kappa shape index (κ1) is 17.1. The molecule has 5 nitrogen and oxygen atoms in total. The number of hydrogen-bond donors (Lipinski definition) is 3. The molecule has 0 aliphatic rings. The maximum atomic E-state index is 11.7. The molecule has 0 unspecified atom stereocenters. The smallest absolute Gasteiger partial charge is 0.319 e. The molecule has 3 amide bonds. The predicted molar refractivity (Wildman–Crippen MR) is 91.8 cm³/mol. The lowest BCUT2D eigenvalue weighted by Crippen LogP contribution is -2.38. The predicted octanol–water partition coefficient (Wildman–Crippen LogP) is 3.43. The van der Waals surface area contributed by atoms with Crippen LogP contribution in [0.3, 0.4) is 0 Å². The third kappa shape index (κ3) is 5.81. The highest BCUT2D eigenvalue weighted by Crippen LogP contribution is 2.20. The lowest BCUT2D eigenvalue weighted by atomic mass is 10.2. The Bertz CT molecular complexity index is 693. The van der Waals surface area contributed by atoms with E-state index in [1.165, 1.54) is 0 Å². The summed E-state index contributed by atoms with van der Waals surface area (Å²) >= 11 is 11.8. The van der Waals surface area contributed by atoms with E-state index >= 15 is 0 Å². The SMILES string of the molecule is O=C(CNC(=O)Nc1ccccc1)NCc1ccc(Cl)cc1Cl. The van der Waals surface area contributed by atoms with Crippen LogP contribution in [0.4, 0.5) is 10.5 Å². The molecule has 120 valence electrons. The van der Waals surface area contributed by atoms with Crippen LogP contribution < -0.4 is 16.0 Å². The van der Waals surface area contributed by atoms with E-state index in [9.17, 15) is 9.59 Å². The Morgan fingerprint density at radius 1 is 0.957 bits per heavy atom. The molecule has 0 atom stereocenters. The van der Waals surface area contributed by atoms with Crippen LogP contribution in [-0.2, 0) is 11.3 Å². The molecule has 3 N–H and O–H groups in total. The van der Waals surface area contributed by atoms with Gasteiger partial charge in [0.15, 0.2) is 0 Å². The molecular weight excluding hydrogens is 337 g/mol. The highest BCUT2D eigenvalue weighted by molar-refractivity contribution is 6.35. The highest BCUT2D eigenvalue weighted by Gasteiger charge is 2.07. The summed E-state index contributed by atoms with van der Waals surface area (Å²) in [6.07, 6.45) is 0. The lowest BCUT2D eigenvalue weighted by molar-refractivity contribution is -0.120. The van der Waals surface area contributed by atoms with Gasteiger partial charge < -0.3 is 16.0 Å². The molecule has 0 saturated heterocycles. The van der Waals surface area contributed by atoms with Gasteiger partial charge in [-0.3, -0.25) is 4.79 Å². The van der Waals surface area contributed by atoms with E-state index in [0.717, 1.165) is 5.56 Å². The van der Waals surface area contributed by atoms with E-state index in [-0.39, 0.29) is 19.0 Å². The number of urea groups is 1. The second kappa shape index (κ2) is 8.41. The van der Waals surface area contributed by atoms with Crippen LogP contribution in [0.2, 0.25) is 10.0 Å². The van der Waals surface area contributed by atoms with Crippen molar-refractivity contribution >= 4 is 40.8 Å². The Morgan fingerprint density at radius 2 is 1.70 bits per heavy atom. The summed E-state index contributed by atoms with van der Waals surface area (Å²) in [5, 5.41) is 8.78. The normalized spacial score (nSPS) is 10.0. The average Bonchev–Trinajstić information content (AvgIpc) is 2.53. The van der Waals surface area contributed by atoms with E-state index in [0.29, 0.717) is 15.7 Å². The first-order valence-corrected chi connectivity index (χ1v) is 7.61. The van der Waals surface area contributed by atoms with E-state index in [2.05, 4.69) is 16.0 Å². The van der Waals surface area contributed by atoms with Crippen LogP contribution in [0, 0.1) is 0 Å². The minimum Gasteiger partial charge on any atom is -0.350 e. The largest absolute Gasteiger partial charge is 0.350 e. The molecule has 7 heteroatoms. The van der Waals surface area contributed by atoms with E-state index in [1.54, 1.807) is 42.5 Å². The van der Waals surface area contributed by atoms with Gasteiger partial charge in [0.2, 0.25) is 5.91 Å². The number of para-hydroxylation sites is 1. The Hall–Kier alpha value is -2.24. The Morgan fingerprint density at radius 3 is 2.39 bits per heavy atom. The minimum absolute atomic E-state index is 0.135. The van der Waals surface area contributed by atoms with Crippen molar-refractivity contribution in [2.75, 3.05) is 11.9 Å². The molecule has 0 radical (unpaired) electrons. The van der Waals surface area contributed by atoms with Crippen LogP contribution in [-0.4, -0.2) is 18.5 Å². The van der Waals surface area contributed by atoms with Crippen LogP contribution in [0.1, 0.15) is 5.56 Å². The number of halogens is 2. The second-order valence-electron chi connectivity index (χ2n) is 4.69. The van der Waals surface area contributed by atoms with Crippen LogP contribution in [0.15, 0.2) is 48.5 Å². The quantitative estimate of drug-likeness (QED) is 0.772. The fraction of sp³-hybridized carbons (Fsp3) is 0.125. The zero-order valence-electron chi connectivity index (χ0n) is 12.1. The van der Waals surface area contributed by atoms with Gasteiger partial charge in [0.1, 0.15) is 0 Å². The van der Waals surface area contributed by atoms with Gasteiger partial charge in [0.05, 0.1) is 6.54 Å². The first-order valence-electron chi connectivity index (χ1n) is 6.85. The minimum atomic E-state index is -0.448. The molecule has 0 aliphatic carbocycles. The highest BCUT2D eigenvalue weighted by atomic mass is 35.5. The van der Waals surface area contributed by atoms with Crippen LogP contribution in [0.25, 0.3) is 0 Å². The standard InChI is InChI=1S/C16H15Cl2N3O2/c17-12-7-6-11(14(18)8-12)9-19-15(22)10-20-16(23)21-13-4-2-1-3-5-13/h1-8H,9-10H2,(H,19,22)(H2,20,21,23). The number of carbonyl (C=O) groups excluding carboxylic acids is 2. The molecule has 0 heterocycles. The van der Waals surface area contributed by atoms with Gasteiger partial charge in [-0.1, -0.05) is 47.5 Å². The van der Waals surface area contributed by atoms with E-state index in [1.807, 2.05) is 6.07 Å². The van der Waals surface area contributed by atoms with Crippen molar-refractivity contribution in [2.45, 2.75) is 6.54 Å². The zero-order chi connectivity index (χ0) is 16.7. The number of benzene rings is 2. The van der Waals surface area contributed by atoms with Crippen molar-refractivity contribution in [3.8, 4) is 0 Å². The van der Waals surface area contributed by atoms with Gasteiger partial charge in [-0.15, -0.1) is 0 Å². The molecular formula is C16H15Cl2N3O2. The Labute approximate surface area is 144 Å². The summed E-state index contributed by atoms with van der Waals surface area (Å²) < 4.78 is 0. The number of hydrogen-bond acceptors (Lipinski definition) is 2. The first-order chi connectivity index (χ1) is 11.0. The summed E-state index contributed by atoms with van der Waals surface area (Å²) in [7, 11) is 0. The number of amides is 3. The third-order valence-electron chi connectivity index (χ3n) is 2.93. The zero-order valence-corrected chi connectivity index (χ0v) is 13.6.